The zero-order valence-corrected chi connectivity index (χ0v) is 33.6. The SMILES string of the molecule is CC/C=C\C/C=C\C/C=C\C/C=C\C/C=C\CCCC(=O)OC(COC(=O)CCCCCCC/C=C\C/C=C\CCCCCC)COP(=O)(O)OC. The standard InChI is InChI=1S/C43H71O8P/c1-4-6-8-10-12-14-16-18-20-22-24-26-28-30-32-34-36-38-43(45)51-41(40-50-52(46,47)48-3)39-49-42(44)37-35-33-31-29-27-25-23-21-19-17-15-13-11-9-7-5-2/h6,8,12,14-15,17-18,20-21,23-24,26,30,32,41H,4-5,7,9-11,13,16,19,22,25,27-29,31,33-40H2,1-3H3,(H,46,47)/b8-6-,14-12-,17-15-,20-18-,23-21-,26-24-,32-30-. The van der Waals surface area contributed by atoms with Crippen LogP contribution >= 0.6 is 7.82 Å². The number of ether oxygens (including phenoxy) is 2. The number of carbonyl (C=O) groups excluding carboxylic acids is 2. The summed E-state index contributed by atoms with van der Waals surface area (Å²) in [6.07, 6.45) is 49.2. The van der Waals surface area contributed by atoms with Crippen molar-refractivity contribution in [3.05, 3.63) is 85.1 Å². The maximum absolute atomic E-state index is 12.5. The zero-order chi connectivity index (χ0) is 38.2. The number of unbranched alkanes of at least 4 members (excludes halogenated alkanes) is 10. The molecule has 1 N–H and O–H groups in total. The number of rotatable bonds is 35. The van der Waals surface area contributed by atoms with Gasteiger partial charge in [0.05, 0.1) is 6.61 Å². The van der Waals surface area contributed by atoms with Crippen LogP contribution in [0.2, 0.25) is 0 Å². The van der Waals surface area contributed by atoms with Gasteiger partial charge < -0.3 is 14.4 Å². The summed E-state index contributed by atoms with van der Waals surface area (Å²) in [4.78, 5) is 34.4. The molecule has 0 radical (unpaired) electrons. The molecule has 0 aromatic carbocycles. The molecule has 2 atom stereocenters. The van der Waals surface area contributed by atoms with Gasteiger partial charge in [0.1, 0.15) is 6.61 Å². The van der Waals surface area contributed by atoms with Crippen LogP contribution in [0, 0.1) is 0 Å². The van der Waals surface area contributed by atoms with Gasteiger partial charge in [0.25, 0.3) is 0 Å². The Kier molecular flexibility index (Phi) is 35.9. The lowest BCUT2D eigenvalue weighted by molar-refractivity contribution is -0.161. The van der Waals surface area contributed by atoms with Crippen LogP contribution in [0.15, 0.2) is 85.1 Å². The van der Waals surface area contributed by atoms with Gasteiger partial charge in [0.2, 0.25) is 0 Å². The van der Waals surface area contributed by atoms with E-state index in [1.807, 2.05) is 6.08 Å². The number of allylic oxidation sites excluding steroid dienone is 14. The minimum absolute atomic E-state index is 0.159. The number of phosphoric ester groups is 1. The fraction of sp³-hybridized carbons (Fsp3) is 0.628. The summed E-state index contributed by atoms with van der Waals surface area (Å²) >= 11 is 0. The van der Waals surface area contributed by atoms with Crippen LogP contribution in [0.25, 0.3) is 0 Å². The van der Waals surface area contributed by atoms with Crippen LogP contribution in [0.3, 0.4) is 0 Å². The first-order valence-electron chi connectivity index (χ1n) is 19.8. The number of esters is 2. The van der Waals surface area contributed by atoms with Gasteiger partial charge >= 0.3 is 19.8 Å². The van der Waals surface area contributed by atoms with Crippen LogP contribution in [0.5, 0.6) is 0 Å². The highest BCUT2D eigenvalue weighted by molar-refractivity contribution is 7.47. The van der Waals surface area contributed by atoms with E-state index in [2.05, 4.69) is 97.4 Å². The molecule has 0 amide bonds. The second-order valence-corrected chi connectivity index (χ2v) is 14.2. The molecule has 8 nitrogen and oxygen atoms in total. The first-order valence-corrected chi connectivity index (χ1v) is 21.3. The molecule has 9 heteroatoms. The summed E-state index contributed by atoms with van der Waals surface area (Å²) in [6, 6.07) is 0. The van der Waals surface area contributed by atoms with E-state index >= 15 is 0 Å². The Balaban J connectivity index is 4.19. The third kappa shape index (κ3) is 37.0. The molecule has 52 heavy (non-hydrogen) atoms. The van der Waals surface area contributed by atoms with E-state index in [1.165, 1.54) is 32.1 Å². The molecule has 0 fully saturated rings. The zero-order valence-electron chi connectivity index (χ0n) is 32.7. The van der Waals surface area contributed by atoms with Gasteiger partial charge in [-0.15, -0.1) is 0 Å². The van der Waals surface area contributed by atoms with Gasteiger partial charge in [-0.1, -0.05) is 137 Å². The van der Waals surface area contributed by atoms with E-state index in [-0.39, 0.29) is 19.4 Å². The second-order valence-electron chi connectivity index (χ2n) is 12.7. The Bertz CT molecular complexity index is 1120. The Morgan fingerprint density at radius 3 is 1.52 bits per heavy atom. The summed E-state index contributed by atoms with van der Waals surface area (Å²) in [5.41, 5.74) is 0. The molecule has 0 spiro atoms. The van der Waals surface area contributed by atoms with Crippen molar-refractivity contribution in [3.8, 4) is 0 Å². The third-order valence-electron chi connectivity index (χ3n) is 7.87. The molecule has 0 aliphatic heterocycles. The molecule has 0 bridgehead atoms. The van der Waals surface area contributed by atoms with Crippen molar-refractivity contribution >= 4 is 19.8 Å². The van der Waals surface area contributed by atoms with Crippen LogP contribution in [0.1, 0.15) is 149 Å². The van der Waals surface area contributed by atoms with Gasteiger partial charge in [-0.3, -0.25) is 18.6 Å². The van der Waals surface area contributed by atoms with Crippen molar-refractivity contribution < 1.29 is 37.6 Å². The Labute approximate surface area is 316 Å². The van der Waals surface area contributed by atoms with E-state index < -0.39 is 32.5 Å². The van der Waals surface area contributed by atoms with E-state index in [1.54, 1.807) is 0 Å². The maximum atomic E-state index is 12.5. The molecular weight excluding hydrogens is 675 g/mol. The highest BCUT2D eigenvalue weighted by Gasteiger charge is 2.24. The molecule has 296 valence electrons. The van der Waals surface area contributed by atoms with Gasteiger partial charge in [-0.05, 0) is 83.5 Å². The normalized spacial score (nSPS) is 14.3. The van der Waals surface area contributed by atoms with E-state index in [0.29, 0.717) is 19.3 Å². The van der Waals surface area contributed by atoms with E-state index in [0.717, 1.165) is 77.7 Å². The van der Waals surface area contributed by atoms with Gasteiger partial charge in [-0.25, -0.2) is 4.57 Å². The number of phosphoric acid groups is 1. The molecular formula is C43H71O8P. The number of carbonyl (C=O) groups is 2. The average molecular weight is 747 g/mol. The van der Waals surface area contributed by atoms with Gasteiger partial charge in [0, 0.05) is 20.0 Å². The molecule has 0 aliphatic rings. The highest BCUT2D eigenvalue weighted by Crippen LogP contribution is 2.42. The number of hydrogen-bond donors (Lipinski definition) is 1. The smallest absolute Gasteiger partial charge is 0.462 e. The predicted molar refractivity (Wildman–Crippen MR) is 216 cm³/mol. The van der Waals surface area contributed by atoms with Crippen molar-refractivity contribution in [2.45, 2.75) is 155 Å². The quantitative estimate of drug-likeness (QED) is 0.0295. The number of hydrogen-bond acceptors (Lipinski definition) is 7. The van der Waals surface area contributed by atoms with Crippen LogP contribution < -0.4 is 0 Å². The summed E-state index contributed by atoms with van der Waals surface area (Å²) < 4.78 is 31.8. The van der Waals surface area contributed by atoms with Crippen molar-refractivity contribution in [1.29, 1.82) is 0 Å². The maximum Gasteiger partial charge on any atom is 0.472 e. The molecule has 0 aromatic heterocycles. The molecule has 0 rings (SSSR count). The van der Waals surface area contributed by atoms with Crippen molar-refractivity contribution in [1.82, 2.24) is 0 Å². The first kappa shape index (κ1) is 49.2. The van der Waals surface area contributed by atoms with Gasteiger partial charge in [-0.2, -0.15) is 0 Å². The largest absolute Gasteiger partial charge is 0.472 e. The lowest BCUT2D eigenvalue weighted by atomic mass is 10.1. The van der Waals surface area contributed by atoms with Crippen LogP contribution in [-0.4, -0.2) is 43.3 Å². The Hall–Kier alpha value is -2.77. The van der Waals surface area contributed by atoms with E-state index in [9.17, 15) is 19.0 Å². The second kappa shape index (κ2) is 38.0. The van der Waals surface area contributed by atoms with Crippen molar-refractivity contribution in [3.63, 3.8) is 0 Å². The summed E-state index contributed by atoms with van der Waals surface area (Å²) in [5, 5.41) is 0. The van der Waals surface area contributed by atoms with Crippen LogP contribution in [-0.2, 0) is 32.7 Å². The summed E-state index contributed by atoms with van der Waals surface area (Å²) in [7, 11) is -3.24. The lowest BCUT2D eigenvalue weighted by Crippen LogP contribution is -2.29. The molecule has 0 saturated heterocycles. The Morgan fingerprint density at radius 1 is 0.558 bits per heavy atom. The van der Waals surface area contributed by atoms with Crippen molar-refractivity contribution in [2.24, 2.45) is 0 Å². The predicted octanol–water partition coefficient (Wildman–Crippen LogP) is 12.3. The van der Waals surface area contributed by atoms with Crippen LogP contribution in [0.4, 0.5) is 0 Å². The van der Waals surface area contributed by atoms with E-state index in [4.69, 9.17) is 14.0 Å². The summed E-state index contributed by atoms with van der Waals surface area (Å²) in [6.45, 7) is 3.68. The van der Waals surface area contributed by atoms with Gasteiger partial charge in [0.15, 0.2) is 6.10 Å². The Morgan fingerprint density at radius 2 is 1.00 bits per heavy atom. The third-order valence-corrected chi connectivity index (χ3v) is 8.81. The topological polar surface area (TPSA) is 108 Å². The fourth-order valence-electron chi connectivity index (χ4n) is 4.84. The minimum Gasteiger partial charge on any atom is -0.462 e. The molecule has 0 aliphatic carbocycles. The fourth-order valence-corrected chi connectivity index (χ4v) is 5.30. The average Bonchev–Trinajstić information content (AvgIpc) is 3.13. The monoisotopic (exact) mass is 746 g/mol. The van der Waals surface area contributed by atoms with Crippen molar-refractivity contribution in [2.75, 3.05) is 20.3 Å². The molecule has 0 aromatic rings. The molecule has 2 unspecified atom stereocenters. The first-order chi connectivity index (χ1) is 25.3. The summed E-state index contributed by atoms with van der Waals surface area (Å²) in [5.74, 6) is -0.897. The minimum atomic E-state index is -4.28. The molecule has 0 saturated carbocycles. The highest BCUT2D eigenvalue weighted by atomic mass is 31.2. The lowest BCUT2D eigenvalue weighted by Gasteiger charge is -2.19. The molecule has 0 heterocycles.